The molecule has 0 aromatic heterocycles. The van der Waals surface area contributed by atoms with Gasteiger partial charge in [-0.3, -0.25) is 9.59 Å². The quantitative estimate of drug-likeness (QED) is 0.367. The Morgan fingerprint density at radius 1 is 1.03 bits per heavy atom. The zero-order valence-electron chi connectivity index (χ0n) is 18.7. The van der Waals surface area contributed by atoms with E-state index < -0.39 is 35.2 Å². The molecule has 0 saturated heterocycles. The summed E-state index contributed by atoms with van der Waals surface area (Å²) in [5.41, 5.74) is -0.171. The van der Waals surface area contributed by atoms with Gasteiger partial charge in [-0.2, -0.15) is 0 Å². The Morgan fingerprint density at radius 3 is 2.22 bits per heavy atom. The summed E-state index contributed by atoms with van der Waals surface area (Å²) in [7, 11) is 3.07. The van der Waals surface area contributed by atoms with Crippen molar-refractivity contribution >= 4 is 17.8 Å². The maximum Gasteiger partial charge on any atom is 0.326 e. The molecule has 0 unspecified atom stereocenters. The van der Waals surface area contributed by atoms with Gasteiger partial charge in [0.1, 0.15) is 11.8 Å². The average molecular weight is 452 g/mol. The number of nitrogens with one attached hydrogen (secondary N) is 1. The molecular formula is C23H33NO8. The monoisotopic (exact) mass is 451 g/mol. The van der Waals surface area contributed by atoms with E-state index in [0.717, 1.165) is 18.4 Å². The van der Waals surface area contributed by atoms with Crippen LogP contribution in [0.4, 0.5) is 0 Å². The van der Waals surface area contributed by atoms with E-state index in [4.69, 9.17) is 14.2 Å². The topological polar surface area (TPSA) is 131 Å². The summed E-state index contributed by atoms with van der Waals surface area (Å²) in [5.74, 6) is -2.78. The lowest BCUT2D eigenvalue weighted by Gasteiger charge is -2.31. The number of amides is 1. The summed E-state index contributed by atoms with van der Waals surface area (Å²) >= 11 is 0. The molecule has 0 aliphatic heterocycles. The van der Waals surface area contributed by atoms with Crippen LogP contribution < -0.4 is 10.1 Å². The van der Waals surface area contributed by atoms with Crippen LogP contribution in [0.15, 0.2) is 24.3 Å². The molecule has 0 bridgehead atoms. The minimum absolute atomic E-state index is 0.0259. The van der Waals surface area contributed by atoms with Gasteiger partial charge in [-0.1, -0.05) is 25.0 Å². The van der Waals surface area contributed by atoms with Crippen LogP contribution in [0, 0.1) is 11.3 Å². The molecule has 1 aliphatic carbocycles. The van der Waals surface area contributed by atoms with E-state index in [2.05, 4.69) is 5.32 Å². The van der Waals surface area contributed by atoms with Crippen LogP contribution in [0.3, 0.4) is 0 Å². The van der Waals surface area contributed by atoms with E-state index in [1.807, 2.05) is 0 Å². The molecule has 0 radical (unpaired) electrons. The molecule has 1 saturated carbocycles. The highest BCUT2D eigenvalue weighted by Gasteiger charge is 2.45. The molecule has 2 atom stereocenters. The summed E-state index contributed by atoms with van der Waals surface area (Å²) in [5, 5.41) is 22.0. The zero-order chi connectivity index (χ0) is 23.6. The van der Waals surface area contributed by atoms with Crippen LogP contribution >= 0.6 is 0 Å². The highest BCUT2D eigenvalue weighted by Crippen LogP contribution is 2.43. The lowest BCUT2D eigenvalue weighted by molar-refractivity contribution is -0.149. The van der Waals surface area contributed by atoms with Crippen LogP contribution in [-0.4, -0.2) is 68.1 Å². The van der Waals surface area contributed by atoms with E-state index in [1.54, 1.807) is 31.4 Å². The van der Waals surface area contributed by atoms with Crippen molar-refractivity contribution in [2.45, 2.75) is 44.6 Å². The Morgan fingerprint density at radius 2 is 1.69 bits per heavy atom. The first-order valence-electron chi connectivity index (χ1n) is 10.8. The summed E-state index contributed by atoms with van der Waals surface area (Å²) in [6, 6.07) is 5.86. The summed E-state index contributed by atoms with van der Waals surface area (Å²) < 4.78 is 15.4. The first-order valence-corrected chi connectivity index (χ1v) is 10.8. The Bertz CT molecular complexity index is 758. The summed E-state index contributed by atoms with van der Waals surface area (Å²) in [6.07, 6.45) is 2.85. The number of benzene rings is 1. The van der Waals surface area contributed by atoms with Crippen LogP contribution in [0.2, 0.25) is 0 Å². The summed E-state index contributed by atoms with van der Waals surface area (Å²) in [4.78, 5) is 36.9. The van der Waals surface area contributed by atoms with Crippen molar-refractivity contribution in [1.82, 2.24) is 5.32 Å². The number of ether oxygens (including phenoxy) is 3. The predicted octanol–water partition coefficient (Wildman–Crippen LogP) is 2.12. The van der Waals surface area contributed by atoms with E-state index in [-0.39, 0.29) is 26.1 Å². The number of carboxylic acid groups (broad SMARTS) is 2. The molecular weight excluding hydrogens is 418 g/mol. The van der Waals surface area contributed by atoms with E-state index in [0.29, 0.717) is 25.2 Å². The number of carbonyl (C=O) groups is 3. The lowest BCUT2D eigenvalue weighted by atomic mass is 9.76. The molecule has 9 heteroatoms. The second kappa shape index (κ2) is 12.4. The Labute approximate surface area is 188 Å². The van der Waals surface area contributed by atoms with Crippen LogP contribution in [-0.2, 0) is 30.3 Å². The Hall–Kier alpha value is -2.65. The highest BCUT2D eigenvalue weighted by molar-refractivity contribution is 5.88. The predicted molar refractivity (Wildman–Crippen MR) is 116 cm³/mol. The molecule has 1 aromatic carbocycles. The molecule has 178 valence electrons. The third-order valence-corrected chi connectivity index (χ3v) is 5.98. The van der Waals surface area contributed by atoms with Gasteiger partial charge in [0, 0.05) is 13.5 Å². The number of rotatable bonds is 14. The molecule has 32 heavy (non-hydrogen) atoms. The maximum absolute atomic E-state index is 13.3. The molecule has 1 aliphatic rings. The van der Waals surface area contributed by atoms with Crippen molar-refractivity contribution in [3.8, 4) is 5.75 Å². The van der Waals surface area contributed by atoms with Crippen molar-refractivity contribution in [1.29, 1.82) is 0 Å². The van der Waals surface area contributed by atoms with Crippen molar-refractivity contribution in [3.63, 3.8) is 0 Å². The first kappa shape index (κ1) is 25.6. The molecule has 3 N–H and O–H groups in total. The van der Waals surface area contributed by atoms with Crippen molar-refractivity contribution < 1.29 is 38.8 Å². The minimum atomic E-state index is -1.14. The van der Waals surface area contributed by atoms with Crippen molar-refractivity contribution in [3.05, 3.63) is 29.8 Å². The first-order chi connectivity index (χ1) is 15.3. The molecule has 0 heterocycles. The van der Waals surface area contributed by atoms with Crippen LogP contribution in [0.1, 0.15) is 37.7 Å². The third kappa shape index (κ3) is 7.20. The highest BCUT2D eigenvalue weighted by atomic mass is 16.5. The molecule has 2 rings (SSSR count). The van der Waals surface area contributed by atoms with Gasteiger partial charge in [-0.05, 0) is 37.0 Å². The second-order valence-electron chi connectivity index (χ2n) is 8.21. The number of carbonyl (C=O) groups excluding carboxylic acids is 1. The van der Waals surface area contributed by atoms with Crippen molar-refractivity contribution in [2.75, 3.05) is 34.0 Å². The van der Waals surface area contributed by atoms with Gasteiger partial charge in [0.2, 0.25) is 5.91 Å². The van der Waals surface area contributed by atoms with Crippen LogP contribution in [0.5, 0.6) is 5.75 Å². The van der Waals surface area contributed by atoms with E-state index in [9.17, 15) is 24.6 Å². The third-order valence-electron chi connectivity index (χ3n) is 5.98. The van der Waals surface area contributed by atoms with Gasteiger partial charge in [0.05, 0.1) is 38.3 Å². The van der Waals surface area contributed by atoms with Crippen molar-refractivity contribution in [2.24, 2.45) is 11.3 Å². The number of hydrogen-bond donors (Lipinski definition) is 3. The van der Waals surface area contributed by atoms with Gasteiger partial charge in [0.15, 0.2) is 0 Å². The van der Waals surface area contributed by atoms with Gasteiger partial charge in [-0.15, -0.1) is 0 Å². The standard InChI is InChI=1S/C23H33NO8/c1-30-11-12-32-15-17(20(25)26)14-23(9-3-4-10-23)22(29)24-19(21(27)28)13-16-5-7-18(31-2)8-6-16/h5-8,17,19H,3-4,9-15H2,1-2H3,(H,24,29)(H,25,26)(H,27,28)/t17-,19-/m0/s1. The molecule has 1 aromatic rings. The minimum Gasteiger partial charge on any atom is -0.497 e. The van der Waals surface area contributed by atoms with E-state index >= 15 is 0 Å². The second-order valence-corrected chi connectivity index (χ2v) is 8.21. The lowest BCUT2D eigenvalue weighted by Crippen LogP contribution is -2.49. The largest absolute Gasteiger partial charge is 0.497 e. The van der Waals surface area contributed by atoms with Gasteiger partial charge < -0.3 is 29.7 Å². The summed E-state index contributed by atoms with van der Waals surface area (Å²) in [6.45, 7) is 0.591. The number of carboxylic acids is 2. The number of methoxy groups -OCH3 is 2. The number of hydrogen-bond acceptors (Lipinski definition) is 6. The fraction of sp³-hybridized carbons (Fsp3) is 0.609. The van der Waals surface area contributed by atoms with Gasteiger partial charge in [-0.25, -0.2) is 4.79 Å². The maximum atomic E-state index is 13.3. The normalized spacial score (nSPS) is 16.8. The van der Waals surface area contributed by atoms with E-state index in [1.165, 1.54) is 7.11 Å². The Kier molecular flexibility index (Phi) is 9.93. The number of aliphatic carboxylic acids is 2. The zero-order valence-corrected chi connectivity index (χ0v) is 18.7. The fourth-order valence-electron chi connectivity index (χ4n) is 4.14. The smallest absolute Gasteiger partial charge is 0.326 e. The van der Waals surface area contributed by atoms with Crippen LogP contribution in [0.25, 0.3) is 0 Å². The fourth-order valence-corrected chi connectivity index (χ4v) is 4.14. The SMILES string of the molecule is COCCOC[C@H](CC1(C(=O)N[C@@H](Cc2ccc(OC)cc2)C(=O)O)CCCC1)C(=O)O. The molecule has 1 fully saturated rings. The molecule has 9 nitrogen and oxygen atoms in total. The average Bonchev–Trinajstić information content (AvgIpc) is 3.25. The molecule has 0 spiro atoms. The Balaban J connectivity index is 2.09. The van der Waals surface area contributed by atoms with Gasteiger partial charge >= 0.3 is 11.9 Å². The molecule has 1 amide bonds. The van der Waals surface area contributed by atoms with Gasteiger partial charge in [0.25, 0.3) is 0 Å².